The van der Waals surface area contributed by atoms with E-state index < -0.39 is 18.1 Å². The van der Waals surface area contributed by atoms with Crippen molar-refractivity contribution in [1.29, 1.82) is 0 Å². The molecule has 0 radical (unpaired) electrons. The van der Waals surface area contributed by atoms with Crippen LogP contribution in [0.25, 0.3) is 21.7 Å². The van der Waals surface area contributed by atoms with Gasteiger partial charge in [-0.15, -0.1) is 21.5 Å². The number of para-hydroxylation sites is 1. The molecule has 0 spiro atoms. The fraction of sp³-hybridized carbons (Fsp3) is 0.489. The molecule has 16 nitrogen and oxygen atoms in total. The minimum absolute atomic E-state index is 0.0580. The fourth-order valence-electron chi connectivity index (χ4n) is 9.98. The number of piperazine rings is 1. The summed E-state index contributed by atoms with van der Waals surface area (Å²) in [4.78, 5) is 42.4. The van der Waals surface area contributed by atoms with Gasteiger partial charge in [-0.05, 0) is 74.1 Å². The van der Waals surface area contributed by atoms with Gasteiger partial charge in [-0.1, -0.05) is 50.2 Å². The Balaban J connectivity index is 0.767. The zero-order valence-corrected chi connectivity index (χ0v) is 37.9. The fourth-order valence-corrected chi connectivity index (χ4v) is 10.8. The van der Waals surface area contributed by atoms with Crippen molar-refractivity contribution in [3.8, 4) is 33.3 Å². The van der Waals surface area contributed by atoms with E-state index >= 15 is 0 Å². The number of hydrogen-bond donors (Lipinski definition) is 4. The number of aliphatic hydroxyl groups excluding tert-OH is 1. The molecule has 4 N–H and O–H groups in total. The Morgan fingerprint density at radius 2 is 1.88 bits per heavy atom. The number of aromatic nitrogens is 4. The third-order valence-corrected chi connectivity index (χ3v) is 14.5. The van der Waals surface area contributed by atoms with Crippen molar-refractivity contribution in [1.82, 2.24) is 40.4 Å². The number of rotatable bonds is 13. The number of hydrogen-bond acceptors (Lipinski definition) is 15. The van der Waals surface area contributed by atoms with E-state index in [1.165, 1.54) is 4.90 Å². The minimum Gasteiger partial charge on any atom is -0.507 e. The third kappa shape index (κ3) is 8.77. The topological polar surface area (TPSA) is 186 Å². The van der Waals surface area contributed by atoms with Gasteiger partial charge in [0, 0.05) is 69.9 Å². The molecule has 0 aliphatic carbocycles. The number of nitrogens with one attached hydrogen (secondary N) is 2. The molecule has 5 aromatic rings. The van der Waals surface area contributed by atoms with Gasteiger partial charge in [-0.2, -0.15) is 0 Å². The zero-order chi connectivity index (χ0) is 44.7. The second kappa shape index (κ2) is 18.1. The van der Waals surface area contributed by atoms with Crippen LogP contribution in [-0.4, -0.2) is 140 Å². The molecule has 2 unspecified atom stereocenters. The Morgan fingerprint density at radius 3 is 2.64 bits per heavy atom. The average Bonchev–Trinajstić information content (AvgIpc) is 4.12. The van der Waals surface area contributed by atoms with Crippen LogP contribution in [0.1, 0.15) is 69.5 Å². The number of carbonyl (C=O) groups is 2. The first-order valence-corrected chi connectivity index (χ1v) is 23.3. The van der Waals surface area contributed by atoms with Crippen LogP contribution in [0.4, 0.5) is 11.5 Å². The molecule has 4 aliphatic heterocycles. The number of ether oxygens (including phenoxy) is 1. The smallest absolute Gasteiger partial charge is 0.254 e. The predicted octanol–water partition coefficient (Wildman–Crippen LogP) is 5.31. The molecular formula is C47H58N10O6S. The van der Waals surface area contributed by atoms with E-state index in [-0.39, 0.29) is 48.0 Å². The van der Waals surface area contributed by atoms with Crippen molar-refractivity contribution in [3.05, 3.63) is 83.2 Å². The largest absolute Gasteiger partial charge is 0.507 e. The molecule has 0 saturated carbocycles. The summed E-state index contributed by atoms with van der Waals surface area (Å²) in [6.07, 6.45) is 0.402. The van der Waals surface area contributed by atoms with Gasteiger partial charge >= 0.3 is 0 Å². The lowest BCUT2D eigenvalue weighted by Gasteiger charge is -2.54. The first-order valence-electron chi connectivity index (χ1n) is 22.4. The maximum absolute atomic E-state index is 14.2. The van der Waals surface area contributed by atoms with Crippen molar-refractivity contribution in [2.24, 2.45) is 5.92 Å². The summed E-state index contributed by atoms with van der Waals surface area (Å²) in [7, 11) is 0. The molecule has 3 fully saturated rings. The monoisotopic (exact) mass is 890 g/mol. The highest BCUT2D eigenvalue weighted by molar-refractivity contribution is 7.13. The molecule has 2 amide bonds. The van der Waals surface area contributed by atoms with Gasteiger partial charge in [0.1, 0.15) is 24.3 Å². The summed E-state index contributed by atoms with van der Waals surface area (Å²) in [6, 6.07) is 18.3. The number of phenolic OH excluding ortho intramolecular Hbond substituents is 1. The van der Waals surface area contributed by atoms with Crippen LogP contribution >= 0.6 is 11.3 Å². The predicted molar refractivity (Wildman–Crippen MR) is 244 cm³/mol. The first-order chi connectivity index (χ1) is 30.8. The SMILES string of the molecule is Cc1ncsc1-c1ccc([C@H](C)NC(=O)[C@@H]2C[C@@H](O)CN2C(=O)[C@@H](c2cc(OCCN3CCC(N4CCN5c6cc(-c7ccccc7O)nnc6NCC5(C)C4)C3)no2)C(C)C)cc1. The van der Waals surface area contributed by atoms with E-state index in [9.17, 15) is 19.8 Å². The van der Waals surface area contributed by atoms with E-state index in [4.69, 9.17) is 9.26 Å². The molecule has 0 bridgehead atoms. The number of thiazole rings is 1. The lowest BCUT2D eigenvalue weighted by Crippen LogP contribution is -2.67. The van der Waals surface area contributed by atoms with Crippen LogP contribution in [0.15, 0.2) is 70.7 Å². The average molecular weight is 891 g/mol. The molecular weight excluding hydrogens is 833 g/mol. The van der Waals surface area contributed by atoms with Crippen molar-refractivity contribution < 1.29 is 29.1 Å². The molecule has 4 aliphatic rings. The zero-order valence-electron chi connectivity index (χ0n) is 37.1. The van der Waals surface area contributed by atoms with Crippen LogP contribution in [0.3, 0.4) is 0 Å². The number of aryl methyl sites for hydroxylation is 1. The molecule has 9 rings (SSSR count). The van der Waals surface area contributed by atoms with Gasteiger partial charge in [0.25, 0.3) is 5.88 Å². The molecule has 7 heterocycles. The third-order valence-electron chi connectivity index (χ3n) is 13.5. The van der Waals surface area contributed by atoms with Crippen LogP contribution < -0.4 is 20.3 Å². The molecule has 338 valence electrons. The van der Waals surface area contributed by atoms with Crippen LogP contribution in [0.2, 0.25) is 0 Å². The lowest BCUT2D eigenvalue weighted by molar-refractivity contribution is -0.141. The molecule has 17 heteroatoms. The van der Waals surface area contributed by atoms with Gasteiger partial charge in [0.05, 0.1) is 45.1 Å². The number of aliphatic hydroxyl groups is 1. The number of phenols is 1. The number of nitrogens with zero attached hydrogens (tertiary/aromatic N) is 8. The summed E-state index contributed by atoms with van der Waals surface area (Å²) in [5.41, 5.74) is 7.01. The summed E-state index contributed by atoms with van der Waals surface area (Å²) >= 11 is 1.59. The number of fused-ring (bicyclic) bond motifs is 3. The lowest BCUT2D eigenvalue weighted by atomic mass is 9.91. The van der Waals surface area contributed by atoms with Crippen LogP contribution in [0, 0.1) is 12.8 Å². The Hall–Kier alpha value is -5.62. The van der Waals surface area contributed by atoms with Gasteiger partial charge in [-0.3, -0.25) is 19.4 Å². The van der Waals surface area contributed by atoms with E-state index in [2.05, 4.69) is 52.6 Å². The van der Waals surface area contributed by atoms with Gasteiger partial charge < -0.3 is 39.9 Å². The Labute approximate surface area is 377 Å². The van der Waals surface area contributed by atoms with E-state index in [0.29, 0.717) is 35.5 Å². The molecule has 2 aromatic carbocycles. The summed E-state index contributed by atoms with van der Waals surface area (Å²) in [5.74, 6) is 0.159. The second-order valence-corrected chi connectivity index (χ2v) is 19.2. The maximum atomic E-state index is 14.2. The maximum Gasteiger partial charge on any atom is 0.254 e. The highest BCUT2D eigenvalue weighted by atomic mass is 32.1. The number of likely N-dealkylation sites (tertiary alicyclic amines) is 2. The Bertz CT molecular complexity index is 2460. The van der Waals surface area contributed by atoms with Crippen LogP contribution in [0.5, 0.6) is 11.6 Å². The summed E-state index contributed by atoms with van der Waals surface area (Å²) < 4.78 is 11.8. The summed E-state index contributed by atoms with van der Waals surface area (Å²) in [5, 5.41) is 40.9. The van der Waals surface area contributed by atoms with Crippen molar-refractivity contribution in [3.63, 3.8) is 0 Å². The number of β-amino-alcohol motifs (C(OH)–C–C–N with tert-alkyl or cyclic N) is 1. The Kier molecular flexibility index (Phi) is 12.3. The molecule has 3 saturated heterocycles. The number of amides is 2. The number of carbonyl (C=O) groups excluding carboxylic acids is 2. The summed E-state index contributed by atoms with van der Waals surface area (Å²) in [6.45, 7) is 16.6. The number of benzene rings is 2. The normalized spacial score (nSPS) is 23.4. The first kappa shape index (κ1) is 43.6. The van der Waals surface area contributed by atoms with Crippen LogP contribution in [-0.2, 0) is 9.59 Å². The van der Waals surface area contributed by atoms with Gasteiger partial charge in [0.15, 0.2) is 11.6 Å². The van der Waals surface area contributed by atoms with E-state index in [0.717, 1.165) is 85.4 Å². The highest BCUT2D eigenvalue weighted by Gasteiger charge is 2.46. The highest BCUT2D eigenvalue weighted by Crippen LogP contribution is 2.41. The van der Waals surface area contributed by atoms with Gasteiger partial charge in [0.2, 0.25) is 11.8 Å². The van der Waals surface area contributed by atoms with Gasteiger partial charge in [-0.25, -0.2) is 4.98 Å². The molecule has 64 heavy (non-hydrogen) atoms. The quantitative estimate of drug-likeness (QED) is 0.119. The number of aromatic hydroxyl groups is 1. The van der Waals surface area contributed by atoms with E-state index in [1.54, 1.807) is 29.5 Å². The van der Waals surface area contributed by atoms with Crippen molar-refractivity contribution in [2.45, 2.75) is 83.1 Å². The minimum atomic E-state index is -0.824. The number of anilines is 2. The second-order valence-electron chi connectivity index (χ2n) is 18.3. The molecule has 6 atom stereocenters. The van der Waals surface area contributed by atoms with E-state index in [1.807, 2.05) is 75.7 Å². The van der Waals surface area contributed by atoms with Crippen molar-refractivity contribution >= 4 is 34.7 Å². The molecule has 3 aromatic heterocycles. The Morgan fingerprint density at radius 1 is 1.06 bits per heavy atom. The standard InChI is InChI=1S/C47H58N10O6S/c1-28(2)42(46(61)56-24-34(58)20-38(56)45(60)50-29(3)31-10-12-32(13-11-31)43-30(4)49-27-64-43)40-22-41(53-63-40)62-19-18-54-15-14-33(23-54)55-16-17-57-37-21-36(35-8-6-7-9-39(35)59)51-52-44(37)48-25-47(57,5)26-55/h6-13,21-22,27-29,33-34,38,42,58-59H,14-20,23-26H2,1-5H3,(H,48,52)(H,50,60)/t29-,33?,34+,38-,42+,47?/m0/s1. The van der Waals surface area contributed by atoms with Crippen molar-refractivity contribution in [2.75, 3.05) is 69.2 Å².